The standard InChI is InChI=1S/C17H17N3O2S/c1-3-22-15-10-12(8-9-14(15)21)11-18-19-17-20(2)13-6-4-5-7-16(13)23-17/h4-11,21H,3H2,1-2H3/b18-11+,19-17-. The van der Waals surface area contributed by atoms with Gasteiger partial charge in [0.25, 0.3) is 0 Å². The van der Waals surface area contributed by atoms with Gasteiger partial charge in [0.05, 0.1) is 23.0 Å². The van der Waals surface area contributed by atoms with Crippen LogP contribution in [0.1, 0.15) is 12.5 Å². The molecule has 0 bridgehead atoms. The van der Waals surface area contributed by atoms with E-state index in [1.807, 2.05) is 30.7 Å². The van der Waals surface area contributed by atoms with Gasteiger partial charge < -0.3 is 14.4 Å². The van der Waals surface area contributed by atoms with Gasteiger partial charge in [-0.05, 0) is 42.8 Å². The SMILES string of the molecule is CCOc1cc(/C=N/N=c2\sc3ccccc3n2C)ccc1O. The van der Waals surface area contributed by atoms with Crippen LogP contribution >= 0.6 is 11.3 Å². The number of rotatable bonds is 4. The molecule has 0 atom stereocenters. The molecule has 1 aromatic heterocycles. The average Bonchev–Trinajstić information content (AvgIpc) is 2.87. The second-order valence-corrected chi connectivity index (χ2v) is 5.93. The van der Waals surface area contributed by atoms with Gasteiger partial charge in [-0.25, -0.2) is 0 Å². The normalized spacial score (nSPS) is 12.3. The molecule has 0 aliphatic rings. The molecular formula is C17H17N3O2S. The zero-order valence-electron chi connectivity index (χ0n) is 12.9. The van der Waals surface area contributed by atoms with Crippen LogP contribution in [0.25, 0.3) is 10.2 Å². The molecule has 1 N–H and O–H groups in total. The fourth-order valence-corrected chi connectivity index (χ4v) is 3.18. The quantitative estimate of drug-likeness (QED) is 0.590. The molecule has 0 spiro atoms. The molecule has 3 rings (SSSR count). The monoisotopic (exact) mass is 327 g/mol. The van der Waals surface area contributed by atoms with Crippen LogP contribution in [-0.2, 0) is 7.05 Å². The molecular weight excluding hydrogens is 310 g/mol. The second-order valence-electron chi connectivity index (χ2n) is 4.92. The summed E-state index contributed by atoms with van der Waals surface area (Å²) in [5, 5.41) is 18.1. The van der Waals surface area contributed by atoms with E-state index < -0.39 is 0 Å². The molecule has 0 saturated carbocycles. The largest absolute Gasteiger partial charge is 0.504 e. The highest BCUT2D eigenvalue weighted by Crippen LogP contribution is 2.26. The van der Waals surface area contributed by atoms with Crippen molar-refractivity contribution in [1.82, 2.24) is 4.57 Å². The molecule has 1 heterocycles. The number of phenolic OH excluding ortho intramolecular Hbond substituents is 1. The highest BCUT2D eigenvalue weighted by atomic mass is 32.1. The smallest absolute Gasteiger partial charge is 0.211 e. The minimum absolute atomic E-state index is 0.122. The van der Waals surface area contributed by atoms with Crippen molar-refractivity contribution in [3.05, 3.63) is 52.8 Å². The molecule has 0 fully saturated rings. The Morgan fingerprint density at radius 2 is 2.09 bits per heavy atom. The first kappa shape index (κ1) is 15.3. The van der Waals surface area contributed by atoms with Gasteiger partial charge in [0, 0.05) is 7.05 Å². The molecule has 3 aromatic rings. The summed E-state index contributed by atoms with van der Waals surface area (Å²) in [7, 11) is 1.97. The summed E-state index contributed by atoms with van der Waals surface area (Å²) < 4.78 is 8.54. The van der Waals surface area contributed by atoms with Crippen LogP contribution in [0, 0.1) is 0 Å². The van der Waals surface area contributed by atoms with Gasteiger partial charge >= 0.3 is 0 Å². The number of phenols is 1. The minimum atomic E-state index is 0.122. The van der Waals surface area contributed by atoms with Gasteiger partial charge in [-0.1, -0.05) is 23.5 Å². The van der Waals surface area contributed by atoms with Crippen molar-refractivity contribution in [3.8, 4) is 11.5 Å². The summed E-state index contributed by atoms with van der Waals surface area (Å²) in [6.45, 7) is 2.37. The van der Waals surface area contributed by atoms with Gasteiger partial charge in [-0.2, -0.15) is 5.10 Å². The van der Waals surface area contributed by atoms with Crippen LogP contribution < -0.4 is 9.54 Å². The molecule has 0 saturated heterocycles. The fraction of sp³-hybridized carbons (Fsp3) is 0.176. The molecule has 0 radical (unpaired) electrons. The highest BCUT2D eigenvalue weighted by Gasteiger charge is 2.02. The zero-order valence-corrected chi connectivity index (χ0v) is 13.7. The van der Waals surface area contributed by atoms with E-state index >= 15 is 0 Å². The molecule has 118 valence electrons. The van der Waals surface area contributed by atoms with Gasteiger partial charge in [0.15, 0.2) is 11.5 Å². The Balaban J connectivity index is 1.90. The van der Waals surface area contributed by atoms with Crippen LogP contribution in [0.4, 0.5) is 0 Å². The second kappa shape index (κ2) is 6.66. The number of benzene rings is 2. The van der Waals surface area contributed by atoms with Crippen molar-refractivity contribution >= 4 is 27.8 Å². The molecule has 0 aliphatic carbocycles. The lowest BCUT2D eigenvalue weighted by atomic mass is 10.2. The van der Waals surface area contributed by atoms with E-state index in [1.54, 1.807) is 35.8 Å². The molecule has 5 nitrogen and oxygen atoms in total. The van der Waals surface area contributed by atoms with Crippen LogP contribution in [0.3, 0.4) is 0 Å². The van der Waals surface area contributed by atoms with E-state index in [2.05, 4.69) is 22.3 Å². The van der Waals surface area contributed by atoms with Gasteiger partial charge in [0.1, 0.15) is 0 Å². The Bertz CT molecular complexity index is 925. The maximum absolute atomic E-state index is 9.69. The number of aromatic hydroxyl groups is 1. The number of thiazole rings is 1. The van der Waals surface area contributed by atoms with Crippen molar-refractivity contribution in [2.75, 3.05) is 6.61 Å². The molecule has 0 aliphatic heterocycles. The summed E-state index contributed by atoms with van der Waals surface area (Å²) in [5.74, 6) is 0.570. The van der Waals surface area contributed by atoms with Gasteiger partial charge in [-0.3, -0.25) is 0 Å². The minimum Gasteiger partial charge on any atom is -0.504 e. The predicted molar refractivity (Wildman–Crippen MR) is 93.2 cm³/mol. The van der Waals surface area contributed by atoms with Crippen LogP contribution in [0.15, 0.2) is 52.7 Å². The molecule has 6 heteroatoms. The van der Waals surface area contributed by atoms with Crippen molar-refractivity contribution < 1.29 is 9.84 Å². The number of nitrogens with zero attached hydrogens (tertiary/aromatic N) is 3. The maximum atomic E-state index is 9.69. The van der Waals surface area contributed by atoms with Crippen molar-refractivity contribution in [2.24, 2.45) is 17.3 Å². The molecule has 0 unspecified atom stereocenters. The third kappa shape index (κ3) is 3.27. The maximum Gasteiger partial charge on any atom is 0.211 e. The zero-order chi connectivity index (χ0) is 16.2. The first-order valence-corrected chi connectivity index (χ1v) is 8.08. The van der Waals surface area contributed by atoms with Crippen LogP contribution in [-0.4, -0.2) is 22.5 Å². The summed E-state index contributed by atoms with van der Waals surface area (Å²) in [5.41, 5.74) is 1.95. The van der Waals surface area contributed by atoms with Crippen LogP contribution in [0.2, 0.25) is 0 Å². The van der Waals surface area contributed by atoms with E-state index in [0.717, 1.165) is 15.9 Å². The van der Waals surface area contributed by atoms with E-state index in [9.17, 15) is 5.11 Å². The lowest BCUT2D eigenvalue weighted by molar-refractivity contribution is 0.318. The fourth-order valence-electron chi connectivity index (χ4n) is 2.20. The lowest BCUT2D eigenvalue weighted by Crippen LogP contribution is -2.08. The van der Waals surface area contributed by atoms with Gasteiger partial charge in [0.2, 0.25) is 4.80 Å². The summed E-state index contributed by atoms with van der Waals surface area (Å²) >= 11 is 1.59. The number of hydrogen-bond acceptors (Lipinski definition) is 5. The third-order valence-corrected chi connectivity index (χ3v) is 4.45. The average molecular weight is 327 g/mol. The summed E-state index contributed by atoms with van der Waals surface area (Å²) in [6, 6.07) is 13.2. The van der Waals surface area contributed by atoms with Crippen LogP contribution in [0.5, 0.6) is 11.5 Å². The number of ether oxygens (including phenoxy) is 1. The summed E-state index contributed by atoms with van der Waals surface area (Å²) in [4.78, 5) is 0.825. The van der Waals surface area contributed by atoms with E-state index in [4.69, 9.17) is 4.74 Å². The van der Waals surface area contributed by atoms with Gasteiger partial charge in [-0.15, -0.1) is 5.10 Å². The number of hydrogen-bond donors (Lipinski definition) is 1. The highest BCUT2D eigenvalue weighted by molar-refractivity contribution is 7.16. The van der Waals surface area contributed by atoms with Crippen molar-refractivity contribution in [2.45, 2.75) is 6.92 Å². The van der Waals surface area contributed by atoms with Crippen molar-refractivity contribution in [3.63, 3.8) is 0 Å². The first-order valence-electron chi connectivity index (χ1n) is 7.26. The van der Waals surface area contributed by atoms with E-state index in [1.165, 1.54) is 4.70 Å². The summed E-state index contributed by atoms with van der Waals surface area (Å²) in [6.07, 6.45) is 1.65. The van der Waals surface area contributed by atoms with E-state index in [0.29, 0.717) is 12.4 Å². The Hall–Kier alpha value is -2.60. The molecule has 23 heavy (non-hydrogen) atoms. The predicted octanol–water partition coefficient (Wildman–Crippen LogP) is 3.28. The van der Waals surface area contributed by atoms with Crippen molar-refractivity contribution in [1.29, 1.82) is 0 Å². The number of para-hydroxylation sites is 1. The Morgan fingerprint density at radius 3 is 2.87 bits per heavy atom. The topological polar surface area (TPSA) is 59.1 Å². The molecule has 0 amide bonds. The number of aryl methyl sites for hydroxylation is 1. The first-order chi connectivity index (χ1) is 11.2. The third-order valence-electron chi connectivity index (χ3n) is 3.35. The Labute approximate surface area is 137 Å². The lowest BCUT2D eigenvalue weighted by Gasteiger charge is -2.05. The van der Waals surface area contributed by atoms with E-state index in [-0.39, 0.29) is 5.75 Å². The Kier molecular flexibility index (Phi) is 4.43. The molecule has 2 aromatic carbocycles. The number of aromatic nitrogens is 1. The number of fused-ring (bicyclic) bond motifs is 1. The Morgan fingerprint density at radius 1 is 1.26 bits per heavy atom.